The first-order valence-electron chi connectivity index (χ1n) is 11.2. The number of carbonyl (C=O) groups excluding carboxylic acids is 1. The summed E-state index contributed by atoms with van der Waals surface area (Å²) in [6.07, 6.45) is 3.45. The number of fused-ring (bicyclic) bond motifs is 1. The molecule has 1 amide bonds. The van der Waals surface area contributed by atoms with Gasteiger partial charge in [-0.25, -0.2) is 9.97 Å². The summed E-state index contributed by atoms with van der Waals surface area (Å²) >= 11 is 0. The zero-order valence-electron chi connectivity index (χ0n) is 18.2. The summed E-state index contributed by atoms with van der Waals surface area (Å²) in [5, 5.41) is 6.31. The number of carbonyl (C=O) groups is 1. The van der Waals surface area contributed by atoms with Gasteiger partial charge in [0.1, 0.15) is 23.2 Å². The molecule has 1 aromatic heterocycles. The Kier molecular flexibility index (Phi) is 5.62. The fourth-order valence-electron chi connectivity index (χ4n) is 4.24. The van der Waals surface area contributed by atoms with Crippen LogP contribution < -0.4 is 20.3 Å². The quantitative estimate of drug-likeness (QED) is 0.623. The number of anilines is 4. The molecular formula is C25H27N5O2. The summed E-state index contributed by atoms with van der Waals surface area (Å²) in [6.45, 7) is 4.00. The lowest BCUT2D eigenvalue weighted by Gasteiger charge is -2.25. The van der Waals surface area contributed by atoms with E-state index in [-0.39, 0.29) is 5.91 Å². The highest BCUT2D eigenvalue weighted by molar-refractivity contribution is 5.94. The fraction of sp³-hybridized carbons (Fsp3) is 0.320. The predicted octanol–water partition coefficient (Wildman–Crippen LogP) is 4.46. The van der Waals surface area contributed by atoms with Crippen LogP contribution in [0.4, 0.5) is 23.0 Å². The van der Waals surface area contributed by atoms with Crippen LogP contribution in [0.1, 0.15) is 30.7 Å². The third-order valence-electron chi connectivity index (χ3n) is 5.89. The van der Waals surface area contributed by atoms with Crippen molar-refractivity contribution < 1.29 is 9.53 Å². The summed E-state index contributed by atoms with van der Waals surface area (Å²) in [6, 6.07) is 17.5. The van der Waals surface area contributed by atoms with Crippen LogP contribution in [0, 0.1) is 6.92 Å². The molecule has 1 fully saturated rings. The van der Waals surface area contributed by atoms with E-state index in [2.05, 4.69) is 25.5 Å². The second-order valence-corrected chi connectivity index (χ2v) is 8.30. The number of nitrogens with zero attached hydrogens (tertiary/aromatic N) is 3. The highest BCUT2D eigenvalue weighted by Crippen LogP contribution is 2.28. The summed E-state index contributed by atoms with van der Waals surface area (Å²) in [5.74, 6) is 3.16. The lowest BCUT2D eigenvalue weighted by molar-refractivity contribution is -0.123. The van der Waals surface area contributed by atoms with Crippen LogP contribution in [-0.2, 0) is 11.2 Å². The van der Waals surface area contributed by atoms with Crippen LogP contribution in [-0.4, -0.2) is 35.1 Å². The van der Waals surface area contributed by atoms with Crippen LogP contribution in [0.25, 0.3) is 0 Å². The van der Waals surface area contributed by atoms with Crippen LogP contribution in [0.2, 0.25) is 0 Å². The monoisotopic (exact) mass is 429 g/mol. The number of aryl methyl sites for hydroxylation is 2. The Morgan fingerprint density at radius 1 is 1.03 bits per heavy atom. The van der Waals surface area contributed by atoms with E-state index in [0.717, 1.165) is 59.7 Å². The Morgan fingerprint density at radius 2 is 1.78 bits per heavy atom. The lowest BCUT2D eigenvalue weighted by atomic mass is 10.0. The first-order valence-corrected chi connectivity index (χ1v) is 11.2. The van der Waals surface area contributed by atoms with Gasteiger partial charge < -0.3 is 20.3 Å². The molecule has 164 valence electrons. The van der Waals surface area contributed by atoms with Gasteiger partial charge in [0.05, 0.1) is 0 Å². The minimum Gasteiger partial charge on any atom is -0.480 e. The van der Waals surface area contributed by atoms with Crippen LogP contribution >= 0.6 is 0 Å². The number of hydrogen-bond donors (Lipinski definition) is 2. The maximum Gasteiger partial charge on any atom is 0.265 e. The van der Waals surface area contributed by atoms with E-state index in [9.17, 15) is 4.79 Å². The van der Waals surface area contributed by atoms with Gasteiger partial charge in [0.2, 0.25) is 0 Å². The van der Waals surface area contributed by atoms with E-state index in [4.69, 9.17) is 4.74 Å². The van der Waals surface area contributed by atoms with E-state index < -0.39 is 6.10 Å². The lowest BCUT2D eigenvalue weighted by Crippen LogP contribution is -2.35. The zero-order chi connectivity index (χ0) is 21.9. The molecule has 7 heteroatoms. The van der Waals surface area contributed by atoms with Gasteiger partial charge in [-0.05, 0) is 68.5 Å². The molecule has 1 saturated heterocycles. The number of rotatable bonds is 5. The molecule has 0 bridgehead atoms. The maximum atomic E-state index is 12.7. The van der Waals surface area contributed by atoms with Crippen molar-refractivity contribution in [2.24, 2.45) is 0 Å². The van der Waals surface area contributed by atoms with Crippen molar-refractivity contribution in [3.8, 4) is 5.75 Å². The Balaban J connectivity index is 1.22. The molecule has 0 aliphatic carbocycles. The molecule has 0 spiro atoms. The Hall–Kier alpha value is -3.61. The molecule has 1 atom stereocenters. The largest absolute Gasteiger partial charge is 0.480 e. The van der Waals surface area contributed by atoms with E-state index in [0.29, 0.717) is 6.42 Å². The molecule has 0 saturated carbocycles. The molecule has 3 aromatic rings. The molecule has 0 radical (unpaired) electrons. The number of nitrogens with one attached hydrogen (secondary N) is 2. The Bertz CT molecular complexity index is 1110. The van der Waals surface area contributed by atoms with Crippen molar-refractivity contribution in [3.63, 3.8) is 0 Å². The molecule has 7 nitrogen and oxygen atoms in total. The molecule has 3 heterocycles. The zero-order valence-corrected chi connectivity index (χ0v) is 18.2. The van der Waals surface area contributed by atoms with Gasteiger partial charge in [-0.15, -0.1) is 0 Å². The van der Waals surface area contributed by atoms with E-state index in [1.807, 2.05) is 61.5 Å². The standard InChI is InChI=1S/C25H27N5O2/c1-17-26-23(16-24(27-17)30-14-4-5-15-30)28-19-9-11-20(12-10-19)29-25(31)22-13-8-18-6-2-3-7-21(18)32-22/h2-3,6-7,9-12,16,22H,4-5,8,13-15H2,1H3,(H,29,31)(H,26,27,28). The van der Waals surface area contributed by atoms with Gasteiger partial charge in [-0.3, -0.25) is 4.79 Å². The second-order valence-electron chi connectivity index (χ2n) is 8.30. The molecule has 32 heavy (non-hydrogen) atoms. The van der Waals surface area contributed by atoms with E-state index in [1.54, 1.807) is 0 Å². The smallest absolute Gasteiger partial charge is 0.265 e. The van der Waals surface area contributed by atoms with Gasteiger partial charge in [0, 0.05) is 30.5 Å². The highest BCUT2D eigenvalue weighted by Gasteiger charge is 2.25. The number of amides is 1. The SMILES string of the molecule is Cc1nc(Nc2ccc(NC(=O)C3CCc4ccccc4O3)cc2)cc(N2CCCC2)n1. The Labute approximate surface area is 187 Å². The van der Waals surface area contributed by atoms with Crippen molar-refractivity contribution in [1.29, 1.82) is 0 Å². The van der Waals surface area contributed by atoms with Crippen LogP contribution in [0.3, 0.4) is 0 Å². The average Bonchev–Trinajstić information content (AvgIpc) is 3.35. The van der Waals surface area contributed by atoms with E-state index in [1.165, 1.54) is 12.8 Å². The molecule has 1 unspecified atom stereocenters. The molecule has 2 aliphatic heterocycles. The van der Waals surface area contributed by atoms with Crippen molar-refractivity contribution in [1.82, 2.24) is 9.97 Å². The number of aromatic nitrogens is 2. The molecule has 5 rings (SSSR count). The Morgan fingerprint density at radius 3 is 2.59 bits per heavy atom. The van der Waals surface area contributed by atoms with Gasteiger partial charge in [-0.2, -0.15) is 0 Å². The minimum absolute atomic E-state index is 0.123. The average molecular weight is 430 g/mol. The first kappa shape index (κ1) is 20.3. The van der Waals surface area contributed by atoms with Crippen molar-refractivity contribution in [2.75, 3.05) is 28.6 Å². The summed E-state index contributed by atoms with van der Waals surface area (Å²) in [7, 11) is 0. The third-order valence-corrected chi connectivity index (χ3v) is 5.89. The molecule has 2 aromatic carbocycles. The topological polar surface area (TPSA) is 79.4 Å². The van der Waals surface area contributed by atoms with Gasteiger partial charge in [0.15, 0.2) is 6.10 Å². The highest BCUT2D eigenvalue weighted by atomic mass is 16.5. The van der Waals surface area contributed by atoms with Crippen molar-refractivity contribution in [3.05, 3.63) is 66.0 Å². The number of hydrogen-bond acceptors (Lipinski definition) is 6. The third kappa shape index (κ3) is 4.51. The van der Waals surface area contributed by atoms with Crippen LogP contribution in [0.15, 0.2) is 54.6 Å². The number of benzene rings is 2. The molecule has 2 N–H and O–H groups in total. The van der Waals surface area contributed by atoms with Crippen molar-refractivity contribution >= 4 is 28.9 Å². The molecule has 2 aliphatic rings. The maximum absolute atomic E-state index is 12.7. The minimum atomic E-state index is -0.476. The van der Waals surface area contributed by atoms with E-state index >= 15 is 0 Å². The fourth-order valence-corrected chi connectivity index (χ4v) is 4.24. The molecular weight excluding hydrogens is 402 g/mol. The second kappa shape index (κ2) is 8.86. The summed E-state index contributed by atoms with van der Waals surface area (Å²) in [4.78, 5) is 24.1. The van der Waals surface area contributed by atoms with Gasteiger partial charge >= 0.3 is 0 Å². The number of ether oxygens (including phenoxy) is 1. The number of para-hydroxylation sites is 1. The summed E-state index contributed by atoms with van der Waals surface area (Å²) < 4.78 is 5.89. The first-order chi connectivity index (χ1) is 15.6. The van der Waals surface area contributed by atoms with Gasteiger partial charge in [-0.1, -0.05) is 18.2 Å². The normalized spacial score (nSPS) is 17.4. The van der Waals surface area contributed by atoms with Crippen molar-refractivity contribution in [2.45, 2.75) is 38.7 Å². The van der Waals surface area contributed by atoms with Gasteiger partial charge in [0.25, 0.3) is 5.91 Å². The van der Waals surface area contributed by atoms with Crippen LogP contribution in [0.5, 0.6) is 5.75 Å². The summed E-state index contributed by atoms with van der Waals surface area (Å²) in [5.41, 5.74) is 2.79. The predicted molar refractivity (Wildman–Crippen MR) is 126 cm³/mol.